The number of fused-ring (bicyclic) bond motifs is 1. The number of anilines is 1. The summed E-state index contributed by atoms with van der Waals surface area (Å²) in [5.74, 6) is 0.522. The summed E-state index contributed by atoms with van der Waals surface area (Å²) >= 11 is 0. The maximum atomic E-state index is 6.54. The second-order valence-electron chi connectivity index (χ2n) is 8.77. The summed E-state index contributed by atoms with van der Waals surface area (Å²) in [7, 11) is -0.735. The van der Waals surface area contributed by atoms with E-state index in [0.29, 0.717) is 5.92 Å². The standard InChI is InChI=1S/C23H32NOSi/c1-23(2,3)22(25-26(4)5)20-15-19-13-9-10-14-21(19)24(17-20)16-18-11-7-6-8-12-18/h6-14,20,22H,15-17H2,1-5H3/t20-,22+/m1/s1. The summed E-state index contributed by atoms with van der Waals surface area (Å²) in [5.41, 5.74) is 4.36. The van der Waals surface area contributed by atoms with Gasteiger partial charge in [-0.3, -0.25) is 0 Å². The van der Waals surface area contributed by atoms with E-state index < -0.39 is 9.04 Å². The van der Waals surface area contributed by atoms with Crippen LogP contribution in [0.3, 0.4) is 0 Å². The second kappa shape index (κ2) is 7.97. The molecule has 0 spiro atoms. The lowest BCUT2D eigenvalue weighted by atomic mass is 9.77. The molecular formula is C23H32NOSi. The van der Waals surface area contributed by atoms with Gasteiger partial charge in [-0.25, -0.2) is 0 Å². The first-order chi connectivity index (χ1) is 12.3. The van der Waals surface area contributed by atoms with Crippen LogP contribution in [0.15, 0.2) is 54.6 Å². The zero-order valence-electron chi connectivity index (χ0n) is 16.8. The average Bonchev–Trinajstić information content (AvgIpc) is 2.59. The molecule has 0 saturated carbocycles. The van der Waals surface area contributed by atoms with Crippen LogP contribution in [0.2, 0.25) is 13.1 Å². The lowest BCUT2D eigenvalue weighted by Crippen LogP contribution is -2.47. The van der Waals surface area contributed by atoms with Crippen LogP contribution in [-0.4, -0.2) is 21.7 Å². The Labute approximate surface area is 160 Å². The first-order valence-corrected chi connectivity index (χ1v) is 12.1. The van der Waals surface area contributed by atoms with Gasteiger partial charge >= 0.3 is 0 Å². The molecule has 3 rings (SSSR count). The first kappa shape index (κ1) is 19.2. The predicted molar refractivity (Wildman–Crippen MR) is 113 cm³/mol. The summed E-state index contributed by atoms with van der Waals surface area (Å²) in [6, 6.07) is 19.7. The van der Waals surface area contributed by atoms with Crippen LogP contribution in [0.25, 0.3) is 0 Å². The highest BCUT2D eigenvalue weighted by atomic mass is 28.3. The van der Waals surface area contributed by atoms with E-state index >= 15 is 0 Å². The van der Waals surface area contributed by atoms with Gasteiger partial charge in [-0.05, 0) is 42.1 Å². The van der Waals surface area contributed by atoms with Crippen LogP contribution >= 0.6 is 0 Å². The molecule has 1 heterocycles. The Kier molecular flexibility index (Phi) is 5.88. The smallest absolute Gasteiger partial charge is 0.205 e. The number of hydrogen-bond acceptors (Lipinski definition) is 2. The van der Waals surface area contributed by atoms with Crippen molar-refractivity contribution in [3.05, 3.63) is 65.7 Å². The van der Waals surface area contributed by atoms with Gasteiger partial charge in [0.2, 0.25) is 9.04 Å². The maximum absolute atomic E-state index is 6.54. The molecule has 2 nitrogen and oxygen atoms in total. The second-order valence-corrected chi connectivity index (χ2v) is 10.8. The highest BCUT2D eigenvalue weighted by Crippen LogP contribution is 2.38. The molecule has 0 saturated heterocycles. The monoisotopic (exact) mass is 366 g/mol. The molecule has 2 aromatic carbocycles. The molecule has 0 amide bonds. The summed E-state index contributed by atoms with van der Waals surface area (Å²) < 4.78 is 6.54. The van der Waals surface area contributed by atoms with Crippen molar-refractivity contribution in [2.24, 2.45) is 11.3 Å². The quantitative estimate of drug-likeness (QED) is 0.643. The Balaban J connectivity index is 1.90. The van der Waals surface area contributed by atoms with Gasteiger partial charge in [0, 0.05) is 24.7 Å². The molecule has 2 aromatic rings. The minimum Gasteiger partial charge on any atom is -0.413 e. The predicted octanol–water partition coefficient (Wildman–Crippen LogP) is 5.55. The number of nitrogens with zero attached hydrogens (tertiary/aromatic N) is 1. The molecule has 0 bridgehead atoms. The van der Waals surface area contributed by atoms with E-state index in [4.69, 9.17) is 4.43 Å². The molecule has 1 aliphatic rings. The molecule has 0 aliphatic carbocycles. The molecule has 2 atom stereocenters. The van der Waals surface area contributed by atoms with Gasteiger partial charge in [0.05, 0.1) is 6.10 Å². The molecule has 0 N–H and O–H groups in total. The van der Waals surface area contributed by atoms with Crippen LogP contribution in [0, 0.1) is 11.3 Å². The van der Waals surface area contributed by atoms with E-state index in [1.54, 1.807) is 0 Å². The number of hydrogen-bond donors (Lipinski definition) is 0. The van der Waals surface area contributed by atoms with Gasteiger partial charge < -0.3 is 9.33 Å². The van der Waals surface area contributed by atoms with Crippen molar-refractivity contribution in [1.29, 1.82) is 0 Å². The summed E-state index contributed by atoms with van der Waals surface area (Å²) in [4.78, 5) is 2.55. The zero-order chi connectivity index (χ0) is 18.7. The number of benzene rings is 2. The topological polar surface area (TPSA) is 12.5 Å². The van der Waals surface area contributed by atoms with Gasteiger partial charge in [-0.15, -0.1) is 0 Å². The van der Waals surface area contributed by atoms with Crippen LogP contribution in [0.1, 0.15) is 31.9 Å². The lowest BCUT2D eigenvalue weighted by Gasteiger charge is -2.44. The van der Waals surface area contributed by atoms with Gasteiger partial charge in [-0.2, -0.15) is 0 Å². The van der Waals surface area contributed by atoms with Crippen molar-refractivity contribution in [3.8, 4) is 0 Å². The Hall–Kier alpha value is -1.58. The first-order valence-electron chi connectivity index (χ1n) is 9.68. The fourth-order valence-corrected chi connectivity index (χ4v) is 5.16. The summed E-state index contributed by atoms with van der Waals surface area (Å²) in [6.07, 6.45) is 1.40. The van der Waals surface area contributed by atoms with E-state index in [1.807, 2.05) is 0 Å². The van der Waals surface area contributed by atoms with Crippen molar-refractivity contribution in [2.45, 2.75) is 52.9 Å². The molecule has 0 fully saturated rings. The molecule has 3 heteroatoms. The van der Waals surface area contributed by atoms with Crippen molar-refractivity contribution in [3.63, 3.8) is 0 Å². The number of para-hydroxylation sites is 1. The largest absolute Gasteiger partial charge is 0.413 e. The zero-order valence-corrected chi connectivity index (χ0v) is 17.8. The van der Waals surface area contributed by atoms with Crippen LogP contribution < -0.4 is 4.90 Å². The van der Waals surface area contributed by atoms with Gasteiger partial charge in [-0.1, -0.05) is 69.3 Å². The average molecular weight is 367 g/mol. The van der Waals surface area contributed by atoms with Crippen molar-refractivity contribution < 1.29 is 4.43 Å². The van der Waals surface area contributed by atoms with Crippen LogP contribution in [0.4, 0.5) is 5.69 Å². The lowest BCUT2D eigenvalue weighted by molar-refractivity contribution is 0.0335. The van der Waals surface area contributed by atoms with Crippen molar-refractivity contribution in [2.75, 3.05) is 11.4 Å². The molecule has 26 heavy (non-hydrogen) atoms. The van der Waals surface area contributed by atoms with E-state index in [1.165, 1.54) is 16.8 Å². The van der Waals surface area contributed by atoms with E-state index in [0.717, 1.165) is 19.5 Å². The molecule has 139 valence electrons. The molecular weight excluding hydrogens is 334 g/mol. The Bertz CT molecular complexity index is 708. The Morgan fingerprint density at radius 2 is 1.69 bits per heavy atom. The van der Waals surface area contributed by atoms with Gasteiger partial charge in [0.25, 0.3) is 0 Å². The minimum atomic E-state index is -0.735. The molecule has 0 aromatic heterocycles. The third-order valence-corrected chi connectivity index (χ3v) is 5.86. The van der Waals surface area contributed by atoms with Crippen LogP contribution in [0.5, 0.6) is 0 Å². The summed E-state index contributed by atoms with van der Waals surface area (Å²) in [6.45, 7) is 13.5. The highest BCUT2D eigenvalue weighted by Gasteiger charge is 2.37. The Morgan fingerprint density at radius 1 is 1.04 bits per heavy atom. The fourth-order valence-electron chi connectivity index (χ4n) is 4.11. The Morgan fingerprint density at radius 3 is 2.35 bits per heavy atom. The van der Waals surface area contributed by atoms with Crippen molar-refractivity contribution in [1.82, 2.24) is 0 Å². The third kappa shape index (κ3) is 4.57. The normalized spacial score (nSPS) is 18.7. The van der Waals surface area contributed by atoms with Crippen LogP contribution in [-0.2, 0) is 17.4 Å². The fraction of sp³-hybridized carbons (Fsp3) is 0.478. The van der Waals surface area contributed by atoms with Gasteiger partial charge in [0.15, 0.2) is 0 Å². The van der Waals surface area contributed by atoms with Gasteiger partial charge in [0.1, 0.15) is 0 Å². The highest BCUT2D eigenvalue weighted by molar-refractivity contribution is 6.48. The summed E-state index contributed by atoms with van der Waals surface area (Å²) in [5, 5.41) is 0. The van der Waals surface area contributed by atoms with E-state index in [-0.39, 0.29) is 11.5 Å². The van der Waals surface area contributed by atoms with E-state index in [9.17, 15) is 0 Å². The number of rotatable bonds is 5. The molecule has 1 radical (unpaired) electrons. The van der Waals surface area contributed by atoms with Crippen molar-refractivity contribution >= 4 is 14.7 Å². The maximum Gasteiger partial charge on any atom is 0.205 e. The minimum absolute atomic E-state index is 0.150. The molecule has 1 aliphatic heterocycles. The molecule has 0 unspecified atom stereocenters. The SMILES string of the molecule is C[Si](C)O[C@@H]([C@@H]1Cc2ccccc2N(Cc2ccccc2)C1)C(C)(C)C. The van der Waals surface area contributed by atoms with E-state index in [2.05, 4.69) is 93.4 Å². The third-order valence-electron chi connectivity index (χ3n) is 5.13.